The summed E-state index contributed by atoms with van der Waals surface area (Å²) < 4.78 is 0. The van der Waals surface area contributed by atoms with Crippen LogP contribution in [0, 0.1) is 5.92 Å². The molecule has 0 aromatic rings. The molecular weight excluding hydrogens is 212 g/mol. The first-order valence-corrected chi connectivity index (χ1v) is 7.21. The quantitative estimate of drug-likeness (QED) is 0.771. The Morgan fingerprint density at radius 3 is 2.65 bits per heavy atom. The molecule has 1 aliphatic carbocycles. The Morgan fingerprint density at radius 1 is 1.47 bits per heavy atom. The van der Waals surface area contributed by atoms with Gasteiger partial charge in [-0.3, -0.25) is 10.1 Å². The highest BCUT2D eigenvalue weighted by atomic mass is 16.2. The first-order valence-electron chi connectivity index (χ1n) is 7.21. The van der Waals surface area contributed by atoms with E-state index in [1.807, 2.05) is 0 Å². The number of hydrogen-bond acceptors (Lipinski definition) is 2. The van der Waals surface area contributed by atoms with Gasteiger partial charge in [0.05, 0.1) is 11.7 Å². The van der Waals surface area contributed by atoms with Gasteiger partial charge in [0.15, 0.2) is 0 Å². The summed E-state index contributed by atoms with van der Waals surface area (Å²) in [6, 6.07) is 0. The SMILES string of the molecule is CCCCC(CC)CN1C(=O)C2(CC2)NC1C. The van der Waals surface area contributed by atoms with Crippen LogP contribution in [0.3, 0.4) is 0 Å². The number of carbonyl (C=O) groups is 1. The smallest absolute Gasteiger partial charge is 0.244 e. The summed E-state index contributed by atoms with van der Waals surface area (Å²) in [7, 11) is 0. The van der Waals surface area contributed by atoms with E-state index in [1.165, 1.54) is 25.7 Å². The van der Waals surface area contributed by atoms with Crippen LogP contribution in [0.15, 0.2) is 0 Å². The summed E-state index contributed by atoms with van der Waals surface area (Å²) in [5, 5.41) is 3.47. The van der Waals surface area contributed by atoms with E-state index < -0.39 is 0 Å². The van der Waals surface area contributed by atoms with Gasteiger partial charge in [0.25, 0.3) is 0 Å². The summed E-state index contributed by atoms with van der Waals surface area (Å²) in [4.78, 5) is 14.4. The van der Waals surface area contributed by atoms with Crippen molar-refractivity contribution in [3.63, 3.8) is 0 Å². The minimum Gasteiger partial charge on any atom is -0.326 e. The second-order valence-electron chi connectivity index (χ2n) is 5.78. The van der Waals surface area contributed by atoms with E-state index in [-0.39, 0.29) is 11.7 Å². The normalized spacial score (nSPS) is 27.8. The van der Waals surface area contributed by atoms with Gasteiger partial charge in [-0.1, -0.05) is 33.1 Å². The molecule has 2 atom stereocenters. The minimum atomic E-state index is -0.136. The zero-order valence-corrected chi connectivity index (χ0v) is 11.5. The molecule has 98 valence electrons. The second-order valence-corrected chi connectivity index (χ2v) is 5.78. The van der Waals surface area contributed by atoms with Crippen molar-refractivity contribution in [1.29, 1.82) is 0 Å². The Bertz CT molecular complexity index is 286. The molecule has 1 N–H and O–H groups in total. The summed E-state index contributed by atoms with van der Waals surface area (Å²) in [6.45, 7) is 7.55. The maximum absolute atomic E-state index is 12.3. The zero-order valence-electron chi connectivity index (χ0n) is 11.5. The fourth-order valence-electron chi connectivity index (χ4n) is 2.91. The average Bonchev–Trinajstić information content (AvgIpc) is 3.05. The number of nitrogens with one attached hydrogen (secondary N) is 1. The Hall–Kier alpha value is -0.570. The van der Waals surface area contributed by atoms with Crippen LogP contribution < -0.4 is 5.32 Å². The number of unbranched alkanes of at least 4 members (excludes halogenated alkanes) is 1. The van der Waals surface area contributed by atoms with Gasteiger partial charge in [0, 0.05) is 6.54 Å². The van der Waals surface area contributed by atoms with E-state index in [4.69, 9.17) is 0 Å². The minimum absolute atomic E-state index is 0.136. The van der Waals surface area contributed by atoms with Gasteiger partial charge in [-0.2, -0.15) is 0 Å². The van der Waals surface area contributed by atoms with Crippen LogP contribution >= 0.6 is 0 Å². The van der Waals surface area contributed by atoms with Crippen molar-refractivity contribution in [3.05, 3.63) is 0 Å². The standard InChI is InChI=1S/C14H26N2O/c1-4-6-7-12(5-2)10-16-11(3)15-14(8-9-14)13(16)17/h11-12,15H,4-10H2,1-3H3. The van der Waals surface area contributed by atoms with Gasteiger partial charge in [-0.15, -0.1) is 0 Å². The van der Waals surface area contributed by atoms with Crippen LogP contribution in [0.2, 0.25) is 0 Å². The summed E-state index contributed by atoms with van der Waals surface area (Å²) in [6.07, 6.45) is 7.30. The Kier molecular flexibility index (Phi) is 3.76. The zero-order chi connectivity index (χ0) is 12.5. The molecule has 17 heavy (non-hydrogen) atoms. The van der Waals surface area contributed by atoms with Crippen molar-refractivity contribution >= 4 is 5.91 Å². The second kappa shape index (κ2) is 4.97. The first kappa shape index (κ1) is 12.9. The molecule has 3 nitrogen and oxygen atoms in total. The van der Waals surface area contributed by atoms with Gasteiger partial charge >= 0.3 is 0 Å². The molecule has 1 saturated heterocycles. The molecule has 2 aliphatic rings. The first-order chi connectivity index (χ1) is 8.13. The molecule has 0 aromatic carbocycles. The van der Waals surface area contributed by atoms with Gasteiger partial charge in [0.2, 0.25) is 5.91 Å². The third kappa shape index (κ3) is 2.49. The third-order valence-electron chi connectivity index (χ3n) is 4.37. The predicted molar refractivity (Wildman–Crippen MR) is 69.6 cm³/mol. The monoisotopic (exact) mass is 238 g/mol. The lowest BCUT2D eigenvalue weighted by Gasteiger charge is -2.26. The Labute approximate surface area is 105 Å². The fourth-order valence-corrected chi connectivity index (χ4v) is 2.91. The van der Waals surface area contributed by atoms with E-state index >= 15 is 0 Å². The number of nitrogens with zero attached hydrogens (tertiary/aromatic N) is 1. The van der Waals surface area contributed by atoms with Gasteiger partial charge in [-0.05, 0) is 32.1 Å². The topological polar surface area (TPSA) is 32.3 Å². The van der Waals surface area contributed by atoms with Crippen LogP contribution in [-0.2, 0) is 4.79 Å². The third-order valence-corrected chi connectivity index (χ3v) is 4.37. The summed E-state index contributed by atoms with van der Waals surface area (Å²) >= 11 is 0. The summed E-state index contributed by atoms with van der Waals surface area (Å²) in [5.41, 5.74) is -0.136. The molecule has 2 fully saturated rings. The van der Waals surface area contributed by atoms with Crippen LogP contribution in [0.25, 0.3) is 0 Å². The van der Waals surface area contributed by atoms with E-state index in [0.717, 1.165) is 19.4 Å². The average molecular weight is 238 g/mol. The van der Waals surface area contributed by atoms with Gasteiger partial charge in [-0.25, -0.2) is 0 Å². The lowest BCUT2D eigenvalue weighted by atomic mass is 9.98. The maximum Gasteiger partial charge on any atom is 0.244 e. The van der Waals surface area contributed by atoms with E-state index in [2.05, 4.69) is 31.0 Å². The molecule has 0 bridgehead atoms. The maximum atomic E-state index is 12.3. The molecule has 0 aromatic heterocycles. The molecule has 0 radical (unpaired) electrons. The number of hydrogen-bond donors (Lipinski definition) is 1. The number of rotatable bonds is 6. The molecule has 1 aliphatic heterocycles. The Morgan fingerprint density at radius 2 is 2.18 bits per heavy atom. The van der Waals surface area contributed by atoms with Crippen LogP contribution in [-0.4, -0.2) is 29.1 Å². The number of amides is 1. The molecule has 3 heteroatoms. The molecule has 1 amide bonds. The van der Waals surface area contributed by atoms with Crippen LogP contribution in [0.5, 0.6) is 0 Å². The predicted octanol–water partition coefficient (Wildman–Crippen LogP) is 2.51. The van der Waals surface area contributed by atoms with Crippen LogP contribution in [0.4, 0.5) is 0 Å². The van der Waals surface area contributed by atoms with E-state index in [0.29, 0.717) is 11.8 Å². The molecule has 2 unspecified atom stereocenters. The molecule has 1 spiro atoms. The molecule has 2 rings (SSSR count). The fraction of sp³-hybridized carbons (Fsp3) is 0.929. The van der Waals surface area contributed by atoms with Gasteiger partial charge in [0.1, 0.15) is 0 Å². The van der Waals surface area contributed by atoms with Crippen molar-refractivity contribution in [2.45, 2.75) is 71.0 Å². The van der Waals surface area contributed by atoms with Crippen molar-refractivity contribution in [2.75, 3.05) is 6.54 Å². The highest BCUT2D eigenvalue weighted by molar-refractivity contribution is 5.91. The highest BCUT2D eigenvalue weighted by Crippen LogP contribution is 2.42. The van der Waals surface area contributed by atoms with Crippen molar-refractivity contribution in [1.82, 2.24) is 10.2 Å². The summed E-state index contributed by atoms with van der Waals surface area (Å²) in [5.74, 6) is 1.04. The lowest BCUT2D eigenvalue weighted by molar-refractivity contribution is -0.131. The molecular formula is C14H26N2O. The van der Waals surface area contributed by atoms with Gasteiger partial charge < -0.3 is 4.90 Å². The van der Waals surface area contributed by atoms with E-state index in [9.17, 15) is 4.79 Å². The lowest BCUT2D eigenvalue weighted by Crippen LogP contribution is -2.38. The highest BCUT2D eigenvalue weighted by Gasteiger charge is 2.58. The van der Waals surface area contributed by atoms with Crippen molar-refractivity contribution < 1.29 is 4.79 Å². The van der Waals surface area contributed by atoms with Crippen molar-refractivity contribution in [3.8, 4) is 0 Å². The van der Waals surface area contributed by atoms with Crippen molar-refractivity contribution in [2.24, 2.45) is 5.92 Å². The number of carbonyl (C=O) groups excluding carboxylic acids is 1. The van der Waals surface area contributed by atoms with E-state index in [1.54, 1.807) is 0 Å². The largest absolute Gasteiger partial charge is 0.326 e. The molecule has 1 heterocycles. The molecule has 1 saturated carbocycles. The Balaban J connectivity index is 1.90. The van der Waals surface area contributed by atoms with Crippen LogP contribution in [0.1, 0.15) is 59.3 Å².